The van der Waals surface area contributed by atoms with Gasteiger partial charge in [0.25, 0.3) is 0 Å². The van der Waals surface area contributed by atoms with Crippen molar-refractivity contribution in [2.24, 2.45) is 11.7 Å². The summed E-state index contributed by atoms with van der Waals surface area (Å²) in [6.45, 7) is 2.10. The quantitative estimate of drug-likeness (QED) is 0.810. The number of likely N-dealkylation sites (tertiary alicyclic amines) is 2. The standard InChI is InChI=1S/C15H25N3O2/c16-12-4-3-7-17(10-12)15(20)11-8-14(19)18(9-11)13-5-1-2-6-13/h11-13H,1-10,16H2. The van der Waals surface area contributed by atoms with Crippen molar-refractivity contribution in [2.45, 2.75) is 57.0 Å². The van der Waals surface area contributed by atoms with Gasteiger partial charge in [-0.05, 0) is 25.7 Å². The van der Waals surface area contributed by atoms with Crippen LogP contribution in [-0.4, -0.2) is 53.3 Å². The second-order valence-corrected chi connectivity index (χ2v) is 6.57. The largest absolute Gasteiger partial charge is 0.341 e. The fraction of sp³-hybridized carbons (Fsp3) is 0.867. The zero-order valence-electron chi connectivity index (χ0n) is 12.1. The summed E-state index contributed by atoms with van der Waals surface area (Å²) in [5.41, 5.74) is 5.94. The molecule has 3 aliphatic rings. The molecule has 0 aromatic rings. The molecule has 0 bridgehead atoms. The number of hydrogen-bond donors (Lipinski definition) is 1. The molecular formula is C15H25N3O2. The maximum absolute atomic E-state index is 12.5. The number of nitrogens with two attached hydrogens (primary N) is 1. The normalized spacial score (nSPS) is 32.1. The number of nitrogens with zero attached hydrogens (tertiary/aromatic N) is 2. The van der Waals surface area contributed by atoms with Crippen molar-refractivity contribution in [3.63, 3.8) is 0 Å². The highest BCUT2D eigenvalue weighted by Crippen LogP contribution is 2.30. The third kappa shape index (κ3) is 2.68. The average Bonchev–Trinajstić information content (AvgIpc) is 3.06. The Kier molecular flexibility index (Phi) is 3.96. The first-order valence-corrected chi connectivity index (χ1v) is 7.99. The minimum absolute atomic E-state index is 0.107. The van der Waals surface area contributed by atoms with Gasteiger partial charge in [0.2, 0.25) is 11.8 Å². The summed E-state index contributed by atoms with van der Waals surface area (Å²) in [6.07, 6.45) is 7.05. The van der Waals surface area contributed by atoms with Crippen LogP contribution in [0.4, 0.5) is 0 Å². The molecule has 2 atom stereocenters. The first-order chi connectivity index (χ1) is 9.65. The van der Waals surface area contributed by atoms with E-state index in [9.17, 15) is 9.59 Å². The van der Waals surface area contributed by atoms with Gasteiger partial charge in [-0.15, -0.1) is 0 Å². The van der Waals surface area contributed by atoms with Crippen LogP contribution < -0.4 is 5.73 Å². The molecule has 5 nitrogen and oxygen atoms in total. The fourth-order valence-electron chi connectivity index (χ4n) is 3.93. The fourth-order valence-corrected chi connectivity index (χ4v) is 3.93. The summed E-state index contributed by atoms with van der Waals surface area (Å²) in [7, 11) is 0. The molecule has 0 spiro atoms. The molecule has 3 rings (SSSR count). The maximum Gasteiger partial charge on any atom is 0.228 e. The van der Waals surface area contributed by atoms with Gasteiger partial charge >= 0.3 is 0 Å². The molecule has 0 radical (unpaired) electrons. The van der Waals surface area contributed by atoms with E-state index in [1.54, 1.807) is 0 Å². The number of hydrogen-bond acceptors (Lipinski definition) is 3. The summed E-state index contributed by atoms with van der Waals surface area (Å²) in [4.78, 5) is 28.5. The third-order valence-electron chi connectivity index (χ3n) is 5.04. The summed E-state index contributed by atoms with van der Waals surface area (Å²) >= 11 is 0. The van der Waals surface area contributed by atoms with Crippen molar-refractivity contribution in [1.29, 1.82) is 0 Å². The molecule has 112 valence electrons. The van der Waals surface area contributed by atoms with Gasteiger partial charge in [-0.1, -0.05) is 12.8 Å². The molecule has 2 aliphatic heterocycles. The first kappa shape index (κ1) is 13.9. The molecule has 1 saturated carbocycles. The van der Waals surface area contributed by atoms with Gasteiger partial charge in [-0.2, -0.15) is 0 Å². The Balaban J connectivity index is 1.60. The lowest BCUT2D eigenvalue weighted by molar-refractivity contribution is -0.137. The predicted molar refractivity (Wildman–Crippen MR) is 75.9 cm³/mol. The van der Waals surface area contributed by atoms with Crippen LogP contribution in [0.5, 0.6) is 0 Å². The highest BCUT2D eigenvalue weighted by atomic mass is 16.2. The van der Waals surface area contributed by atoms with E-state index in [-0.39, 0.29) is 23.8 Å². The Morgan fingerprint density at radius 1 is 1.10 bits per heavy atom. The van der Waals surface area contributed by atoms with Crippen molar-refractivity contribution >= 4 is 11.8 Å². The highest BCUT2D eigenvalue weighted by molar-refractivity contribution is 5.89. The van der Waals surface area contributed by atoms with Crippen molar-refractivity contribution in [3.8, 4) is 0 Å². The molecule has 0 aromatic carbocycles. The van der Waals surface area contributed by atoms with Crippen LogP contribution in [0.25, 0.3) is 0 Å². The molecule has 1 aliphatic carbocycles. The lowest BCUT2D eigenvalue weighted by atomic mass is 10.0. The predicted octanol–water partition coefficient (Wildman–Crippen LogP) is 0.727. The lowest BCUT2D eigenvalue weighted by Crippen LogP contribution is -2.48. The zero-order chi connectivity index (χ0) is 14.1. The molecule has 20 heavy (non-hydrogen) atoms. The van der Waals surface area contributed by atoms with Crippen LogP contribution in [0.3, 0.4) is 0 Å². The minimum Gasteiger partial charge on any atom is -0.341 e. The molecular weight excluding hydrogens is 254 g/mol. The summed E-state index contributed by atoms with van der Waals surface area (Å²) in [6, 6.07) is 0.500. The summed E-state index contributed by atoms with van der Waals surface area (Å²) in [5.74, 6) is 0.193. The van der Waals surface area contributed by atoms with E-state index >= 15 is 0 Å². The molecule has 3 fully saturated rings. The van der Waals surface area contributed by atoms with Crippen LogP contribution in [-0.2, 0) is 9.59 Å². The SMILES string of the molecule is NC1CCCN(C(=O)C2CC(=O)N(C3CCCC3)C2)C1. The van der Waals surface area contributed by atoms with E-state index in [0.717, 1.165) is 32.2 Å². The Bertz CT molecular complexity index is 393. The van der Waals surface area contributed by atoms with Crippen LogP contribution in [0.2, 0.25) is 0 Å². The number of rotatable bonds is 2. The highest BCUT2D eigenvalue weighted by Gasteiger charge is 2.40. The number of piperidine rings is 1. The average molecular weight is 279 g/mol. The maximum atomic E-state index is 12.5. The van der Waals surface area contributed by atoms with E-state index in [2.05, 4.69) is 0 Å². The smallest absolute Gasteiger partial charge is 0.228 e. The van der Waals surface area contributed by atoms with Gasteiger partial charge in [0.15, 0.2) is 0 Å². The Morgan fingerprint density at radius 2 is 1.85 bits per heavy atom. The Hall–Kier alpha value is -1.10. The monoisotopic (exact) mass is 279 g/mol. The number of carbonyl (C=O) groups is 2. The van der Waals surface area contributed by atoms with Gasteiger partial charge in [-0.3, -0.25) is 9.59 Å². The van der Waals surface area contributed by atoms with E-state index in [0.29, 0.717) is 25.6 Å². The van der Waals surface area contributed by atoms with Crippen LogP contribution in [0.15, 0.2) is 0 Å². The van der Waals surface area contributed by atoms with Crippen molar-refractivity contribution < 1.29 is 9.59 Å². The molecule has 5 heteroatoms. The minimum atomic E-state index is -0.131. The molecule has 2 heterocycles. The molecule has 0 aromatic heterocycles. The Labute approximate surface area is 120 Å². The van der Waals surface area contributed by atoms with E-state index in [1.165, 1.54) is 12.8 Å². The molecule has 2 unspecified atom stereocenters. The van der Waals surface area contributed by atoms with Crippen LogP contribution in [0.1, 0.15) is 44.9 Å². The van der Waals surface area contributed by atoms with Crippen LogP contribution in [0, 0.1) is 5.92 Å². The van der Waals surface area contributed by atoms with Gasteiger partial charge in [0.05, 0.1) is 5.92 Å². The summed E-state index contributed by atoms with van der Waals surface area (Å²) < 4.78 is 0. The van der Waals surface area contributed by atoms with Crippen molar-refractivity contribution in [2.75, 3.05) is 19.6 Å². The topological polar surface area (TPSA) is 66.6 Å². The second-order valence-electron chi connectivity index (χ2n) is 6.57. The number of amides is 2. The second kappa shape index (κ2) is 5.72. The molecule has 2 amide bonds. The van der Waals surface area contributed by atoms with Gasteiger partial charge in [0.1, 0.15) is 0 Å². The van der Waals surface area contributed by atoms with Gasteiger partial charge in [-0.25, -0.2) is 0 Å². The van der Waals surface area contributed by atoms with Crippen molar-refractivity contribution in [1.82, 2.24) is 9.80 Å². The van der Waals surface area contributed by atoms with Gasteiger partial charge in [0, 0.05) is 38.1 Å². The van der Waals surface area contributed by atoms with Crippen molar-refractivity contribution in [3.05, 3.63) is 0 Å². The molecule has 2 N–H and O–H groups in total. The summed E-state index contributed by atoms with van der Waals surface area (Å²) in [5, 5.41) is 0. The van der Waals surface area contributed by atoms with E-state index < -0.39 is 0 Å². The van der Waals surface area contributed by atoms with Crippen LogP contribution >= 0.6 is 0 Å². The van der Waals surface area contributed by atoms with E-state index in [4.69, 9.17) is 5.73 Å². The third-order valence-corrected chi connectivity index (χ3v) is 5.04. The Morgan fingerprint density at radius 3 is 2.55 bits per heavy atom. The molecule has 2 saturated heterocycles. The number of carbonyl (C=O) groups excluding carboxylic acids is 2. The van der Waals surface area contributed by atoms with Gasteiger partial charge < -0.3 is 15.5 Å². The first-order valence-electron chi connectivity index (χ1n) is 7.99. The van der Waals surface area contributed by atoms with E-state index in [1.807, 2.05) is 9.80 Å². The lowest BCUT2D eigenvalue weighted by Gasteiger charge is -2.32. The zero-order valence-corrected chi connectivity index (χ0v) is 12.1.